The van der Waals surface area contributed by atoms with Crippen LogP contribution in [0, 0.1) is 5.82 Å². The lowest BCUT2D eigenvalue weighted by Crippen LogP contribution is -1.98. The molecule has 0 N–H and O–H groups in total. The summed E-state index contributed by atoms with van der Waals surface area (Å²) in [5.74, 6) is 0.996. The summed E-state index contributed by atoms with van der Waals surface area (Å²) >= 11 is 1.62. The number of thiazole rings is 1. The Morgan fingerprint density at radius 2 is 2.23 bits per heavy atom. The van der Waals surface area contributed by atoms with Crippen LogP contribution in [0.2, 0.25) is 0 Å². The molecule has 7 heteroatoms. The first-order valence-corrected chi connectivity index (χ1v) is 7.74. The fourth-order valence-corrected chi connectivity index (χ4v) is 2.62. The molecule has 3 rings (SSSR count). The first-order chi connectivity index (χ1) is 10.7. The van der Waals surface area contributed by atoms with Crippen LogP contribution in [-0.2, 0) is 19.4 Å². The maximum Gasteiger partial charge on any atom is 0.232 e. The van der Waals surface area contributed by atoms with Crippen LogP contribution in [0.25, 0.3) is 0 Å². The van der Waals surface area contributed by atoms with Gasteiger partial charge in [0.05, 0.1) is 17.1 Å². The molecule has 0 atom stereocenters. The molecule has 3 aromatic rings. The lowest BCUT2D eigenvalue weighted by molar-refractivity contribution is 0.284. The molecule has 0 aliphatic heterocycles. The van der Waals surface area contributed by atoms with Crippen molar-refractivity contribution in [2.24, 2.45) is 0 Å². The summed E-state index contributed by atoms with van der Waals surface area (Å²) in [6.45, 7) is 2.20. The van der Waals surface area contributed by atoms with Crippen LogP contribution < -0.4 is 4.74 Å². The number of aromatic nitrogens is 3. The van der Waals surface area contributed by atoms with Gasteiger partial charge >= 0.3 is 0 Å². The Morgan fingerprint density at radius 3 is 3.00 bits per heavy atom. The Balaban J connectivity index is 1.59. The molecular formula is C15H14FN3O2S. The number of rotatable bonds is 6. The zero-order chi connectivity index (χ0) is 15.4. The highest BCUT2D eigenvalue weighted by molar-refractivity contribution is 7.09. The Labute approximate surface area is 130 Å². The molecule has 22 heavy (non-hydrogen) atoms. The van der Waals surface area contributed by atoms with Gasteiger partial charge in [-0.25, -0.2) is 9.37 Å². The van der Waals surface area contributed by atoms with Gasteiger partial charge in [-0.1, -0.05) is 18.1 Å². The number of ether oxygens (including phenoxy) is 1. The van der Waals surface area contributed by atoms with E-state index in [-0.39, 0.29) is 12.4 Å². The molecular weight excluding hydrogens is 305 g/mol. The summed E-state index contributed by atoms with van der Waals surface area (Å²) in [7, 11) is 0. The summed E-state index contributed by atoms with van der Waals surface area (Å²) in [6.07, 6.45) is 1.42. The minimum Gasteiger partial charge on any atom is -0.485 e. The van der Waals surface area contributed by atoms with Gasteiger partial charge < -0.3 is 9.26 Å². The maximum absolute atomic E-state index is 13.0. The fraction of sp³-hybridized carbons (Fsp3) is 0.267. The van der Waals surface area contributed by atoms with Crippen molar-refractivity contribution in [3.63, 3.8) is 0 Å². The quantitative estimate of drug-likeness (QED) is 0.697. The van der Waals surface area contributed by atoms with Crippen molar-refractivity contribution >= 4 is 11.3 Å². The molecule has 0 spiro atoms. The van der Waals surface area contributed by atoms with Gasteiger partial charge in [0.1, 0.15) is 11.6 Å². The van der Waals surface area contributed by atoms with E-state index in [9.17, 15) is 4.39 Å². The summed E-state index contributed by atoms with van der Waals surface area (Å²) < 4.78 is 23.6. The molecule has 2 heterocycles. The van der Waals surface area contributed by atoms with Gasteiger partial charge in [-0.3, -0.25) is 0 Å². The first-order valence-electron chi connectivity index (χ1n) is 6.86. The lowest BCUT2D eigenvalue weighted by Gasteiger charge is -2.02. The Hall–Kier alpha value is -2.28. The molecule has 2 aromatic heterocycles. The third-order valence-corrected chi connectivity index (χ3v) is 3.95. The van der Waals surface area contributed by atoms with E-state index in [0.29, 0.717) is 23.9 Å². The Kier molecular flexibility index (Phi) is 4.43. The zero-order valence-electron chi connectivity index (χ0n) is 12.0. The molecule has 0 radical (unpaired) electrons. The molecule has 5 nitrogen and oxygen atoms in total. The van der Waals surface area contributed by atoms with Crippen molar-refractivity contribution in [3.8, 4) is 5.75 Å². The minimum absolute atomic E-state index is 0.129. The third kappa shape index (κ3) is 3.67. The van der Waals surface area contributed by atoms with E-state index < -0.39 is 0 Å². The van der Waals surface area contributed by atoms with Crippen LogP contribution >= 0.6 is 11.3 Å². The van der Waals surface area contributed by atoms with Crippen molar-refractivity contribution in [2.45, 2.75) is 26.4 Å². The molecule has 0 saturated heterocycles. The largest absolute Gasteiger partial charge is 0.485 e. The van der Waals surface area contributed by atoms with Gasteiger partial charge in [0.25, 0.3) is 0 Å². The van der Waals surface area contributed by atoms with E-state index in [1.54, 1.807) is 23.5 Å². The van der Waals surface area contributed by atoms with Crippen LogP contribution in [-0.4, -0.2) is 15.1 Å². The second-order valence-corrected chi connectivity index (χ2v) is 5.56. The molecule has 114 valence electrons. The fourth-order valence-electron chi connectivity index (χ4n) is 1.87. The monoisotopic (exact) mass is 319 g/mol. The average molecular weight is 319 g/mol. The number of halogens is 1. The van der Waals surface area contributed by atoms with Gasteiger partial charge in [-0.15, -0.1) is 11.3 Å². The molecule has 1 aromatic carbocycles. The van der Waals surface area contributed by atoms with E-state index in [2.05, 4.69) is 22.0 Å². The van der Waals surface area contributed by atoms with Crippen LogP contribution in [0.15, 0.2) is 34.2 Å². The second-order valence-electron chi connectivity index (χ2n) is 4.61. The average Bonchev–Trinajstić information content (AvgIpc) is 3.15. The topological polar surface area (TPSA) is 61.0 Å². The number of nitrogens with zero attached hydrogens (tertiary/aromatic N) is 3. The predicted molar refractivity (Wildman–Crippen MR) is 79.3 cm³/mol. The zero-order valence-corrected chi connectivity index (χ0v) is 12.8. The maximum atomic E-state index is 13.0. The highest BCUT2D eigenvalue weighted by Crippen LogP contribution is 2.15. The lowest BCUT2D eigenvalue weighted by atomic mass is 10.3. The van der Waals surface area contributed by atoms with Crippen molar-refractivity contribution in [1.29, 1.82) is 0 Å². The van der Waals surface area contributed by atoms with Gasteiger partial charge in [0.15, 0.2) is 6.61 Å². The third-order valence-electron chi connectivity index (χ3n) is 2.91. The number of aryl methyl sites for hydroxylation is 1. The van der Waals surface area contributed by atoms with Crippen molar-refractivity contribution in [2.75, 3.05) is 0 Å². The van der Waals surface area contributed by atoms with Gasteiger partial charge in [-0.05, 0) is 18.6 Å². The van der Waals surface area contributed by atoms with Gasteiger partial charge in [0.2, 0.25) is 11.7 Å². The van der Waals surface area contributed by atoms with Crippen LogP contribution in [0.3, 0.4) is 0 Å². The molecule has 0 amide bonds. The highest BCUT2D eigenvalue weighted by Gasteiger charge is 2.10. The summed E-state index contributed by atoms with van der Waals surface area (Å²) in [6, 6.07) is 5.92. The van der Waals surface area contributed by atoms with E-state index >= 15 is 0 Å². The second kappa shape index (κ2) is 6.65. The normalized spacial score (nSPS) is 10.8. The van der Waals surface area contributed by atoms with Gasteiger partial charge in [0, 0.05) is 11.4 Å². The van der Waals surface area contributed by atoms with E-state index in [4.69, 9.17) is 9.26 Å². The van der Waals surface area contributed by atoms with Crippen LogP contribution in [0.1, 0.15) is 29.3 Å². The molecule has 0 aliphatic carbocycles. The Bertz CT molecular complexity index is 757. The van der Waals surface area contributed by atoms with E-state index in [1.807, 2.05) is 5.38 Å². The molecule has 0 aliphatic rings. The van der Waals surface area contributed by atoms with Crippen molar-refractivity contribution in [1.82, 2.24) is 15.1 Å². The highest BCUT2D eigenvalue weighted by atomic mass is 32.1. The molecule has 0 bridgehead atoms. The molecule has 0 fully saturated rings. The molecule has 0 unspecified atom stereocenters. The van der Waals surface area contributed by atoms with E-state index in [0.717, 1.165) is 17.1 Å². The smallest absolute Gasteiger partial charge is 0.232 e. The number of hydrogen-bond donors (Lipinski definition) is 0. The number of benzene rings is 1. The minimum atomic E-state index is -0.346. The summed E-state index contributed by atoms with van der Waals surface area (Å²) in [4.78, 5) is 8.70. The summed E-state index contributed by atoms with van der Waals surface area (Å²) in [5.41, 5.74) is 0.920. The van der Waals surface area contributed by atoms with Crippen LogP contribution in [0.4, 0.5) is 4.39 Å². The predicted octanol–water partition coefficient (Wildman–Crippen LogP) is 3.40. The first kappa shape index (κ1) is 14.6. The van der Waals surface area contributed by atoms with Crippen molar-refractivity contribution < 1.29 is 13.7 Å². The summed E-state index contributed by atoms with van der Waals surface area (Å²) in [5, 5.41) is 6.93. The molecule has 0 saturated carbocycles. The standard InChI is InChI=1S/C15H14FN3O2S/c1-2-15-17-11(9-22-15)7-14-18-13(19-21-14)8-20-12-5-3-4-10(16)6-12/h3-6,9H,2,7-8H2,1H3. The van der Waals surface area contributed by atoms with E-state index in [1.165, 1.54) is 12.1 Å². The Morgan fingerprint density at radius 1 is 1.32 bits per heavy atom. The number of hydrogen-bond acceptors (Lipinski definition) is 6. The van der Waals surface area contributed by atoms with Gasteiger partial charge in [-0.2, -0.15) is 4.98 Å². The van der Waals surface area contributed by atoms with Crippen LogP contribution in [0.5, 0.6) is 5.75 Å². The van der Waals surface area contributed by atoms with Crippen molar-refractivity contribution in [3.05, 3.63) is 57.9 Å². The SMILES string of the molecule is CCc1nc(Cc2nc(COc3cccc(F)c3)no2)cs1.